The van der Waals surface area contributed by atoms with E-state index in [9.17, 15) is 22.8 Å². The van der Waals surface area contributed by atoms with E-state index in [0.717, 1.165) is 18.3 Å². The second kappa shape index (κ2) is 6.66. The summed E-state index contributed by atoms with van der Waals surface area (Å²) < 4.78 is 38.3. The molecule has 2 aromatic rings. The van der Waals surface area contributed by atoms with Gasteiger partial charge in [0.2, 0.25) is 5.95 Å². The molecule has 0 radical (unpaired) electrons. The molecule has 0 saturated carbocycles. The zero-order valence-corrected chi connectivity index (χ0v) is 15.0. The number of nitrogen functional groups attached to an aromatic ring is 1. The van der Waals surface area contributed by atoms with Crippen molar-refractivity contribution in [3.8, 4) is 0 Å². The molecule has 11 heteroatoms. The van der Waals surface area contributed by atoms with Crippen molar-refractivity contribution in [2.75, 3.05) is 22.5 Å². The third-order valence-corrected chi connectivity index (χ3v) is 3.98. The van der Waals surface area contributed by atoms with Gasteiger partial charge in [-0.05, 0) is 32.0 Å². The predicted octanol–water partition coefficient (Wildman–Crippen LogP) is 2.64. The normalized spacial score (nSPS) is 16.0. The Bertz CT molecular complexity index is 945. The lowest BCUT2D eigenvalue weighted by molar-refractivity contribution is -0.137. The second-order valence-electron chi connectivity index (χ2n) is 6.90. The highest BCUT2D eigenvalue weighted by Crippen LogP contribution is 2.31. The number of carbonyl (C=O) groups is 2. The molecule has 0 bridgehead atoms. The largest absolute Gasteiger partial charge is 0.416 e. The van der Waals surface area contributed by atoms with Crippen LogP contribution in [0.5, 0.6) is 0 Å². The van der Waals surface area contributed by atoms with Gasteiger partial charge in [0.15, 0.2) is 0 Å². The highest BCUT2D eigenvalue weighted by atomic mass is 19.4. The highest BCUT2D eigenvalue weighted by molar-refractivity contribution is 6.07. The van der Waals surface area contributed by atoms with Crippen LogP contribution in [0.1, 0.15) is 29.8 Å². The number of urea groups is 1. The minimum Gasteiger partial charge on any atom is -0.383 e. The van der Waals surface area contributed by atoms with Gasteiger partial charge in [0, 0.05) is 11.9 Å². The van der Waals surface area contributed by atoms with Crippen LogP contribution in [0.25, 0.3) is 0 Å². The third-order valence-electron chi connectivity index (χ3n) is 3.98. The lowest BCUT2D eigenvalue weighted by atomic mass is 10.1. The number of aromatic nitrogens is 2. The van der Waals surface area contributed by atoms with E-state index in [1.54, 1.807) is 0 Å². The first-order chi connectivity index (χ1) is 13.0. The van der Waals surface area contributed by atoms with E-state index in [2.05, 4.69) is 20.6 Å². The summed E-state index contributed by atoms with van der Waals surface area (Å²) in [5.41, 5.74) is 4.26. The van der Waals surface area contributed by atoms with Crippen molar-refractivity contribution in [3.05, 3.63) is 41.6 Å². The van der Waals surface area contributed by atoms with E-state index in [4.69, 9.17) is 5.73 Å². The summed E-state index contributed by atoms with van der Waals surface area (Å²) in [6.45, 7) is 3.96. The molecule has 1 fully saturated rings. The van der Waals surface area contributed by atoms with Gasteiger partial charge in [-0.25, -0.2) is 9.78 Å². The van der Waals surface area contributed by atoms with Crippen molar-refractivity contribution in [1.82, 2.24) is 15.3 Å². The first kappa shape index (κ1) is 19.4. The fourth-order valence-electron chi connectivity index (χ4n) is 2.69. The Hall–Kier alpha value is -3.37. The smallest absolute Gasteiger partial charge is 0.383 e. The van der Waals surface area contributed by atoms with Crippen LogP contribution in [0, 0.1) is 0 Å². The Morgan fingerprint density at radius 2 is 2.07 bits per heavy atom. The molecule has 3 amide bonds. The molecule has 1 aromatic heterocycles. The summed E-state index contributed by atoms with van der Waals surface area (Å²) in [5, 5.41) is 5.07. The highest BCUT2D eigenvalue weighted by Gasteiger charge is 2.37. The Morgan fingerprint density at radius 3 is 2.64 bits per heavy atom. The van der Waals surface area contributed by atoms with Gasteiger partial charge in [-0.2, -0.15) is 18.2 Å². The molecule has 0 aliphatic carbocycles. The van der Waals surface area contributed by atoms with Crippen molar-refractivity contribution in [2.24, 2.45) is 0 Å². The van der Waals surface area contributed by atoms with Crippen LogP contribution in [0.4, 0.5) is 35.4 Å². The average molecular weight is 394 g/mol. The quantitative estimate of drug-likeness (QED) is 0.741. The molecule has 8 nitrogen and oxygen atoms in total. The summed E-state index contributed by atoms with van der Waals surface area (Å²) in [4.78, 5) is 33.6. The fraction of sp³-hybridized carbons (Fsp3) is 0.294. The number of nitrogens with zero attached hydrogens (tertiary/aromatic N) is 3. The monoisotopic (exact) mass is 394 g/mol. The van der Waals surface area contributed by atoms with Crippen LogP contribution in [0.2, 0.25) is 0 Å². The van der Waals surface area contributed by atoms with Crippen LogP contribution in [0.15, 0.2) is 30.5 Å². The molecule has 3 rings (SSSR count). The molecule has 1 aliphatic heterocycles. The number of halogens is 3. The van der Waals surface area contributed by atoms with E-state index >= 15 is 0 Å². The van der Waals surface area contributed by atoms with Crippen molar-refractivity contribution in [2.45, 2.75) is 25.6 Å². The summed E-state index contributed by atoms with van der Waals surface area (Å²) in [7, 11) is 0. The summed E-state index contributed by atoms with van der Waals surface area (Å²) in [6, 6.07) is 3.79. The average Bonchev–Trinajstić information content (AvgIpc) is 2.86. The van der Waals surface area contributed by atoms with E-state index in [0.29, 0.717) is 6.54 Å². The summed E-state index contributed by atoms with van der Waals surface area (Å²) in [5.74, 6) is -0.947. The Morgan fingerprint density at radius 1 is 1.36 bits per heavy atom. The number of hydrogen-bond donors (Lipinski definition) is 3. The fourth-order valence-corrected chi connectivity index (χ4v) is 2.69. The molecular formula is C17H17F3N6O2. The van der Waals surface area contributed by atoms with Gasteiger partial charge < -0.3 is 16.4 Å². The summed E-state index contributed by atoms with van der Waals surface area (Å²) in [6.07, 6.45) is -3.41. The van der Waals surface area contributed by atoms with Crippen LogP contribution < -0.4 is 21.3 Å². The lowest BCUT2D eigenvalue weighted by Crippen LogP contribution is -2.36. The first-order valence-corrected chi connectivity index (χ1v) is 8.17. The number of amides is 3. The second-order valence-corrected chi connectivity index (χ2v) is 6.90. The molecule has 0 spiro atoms. The van der Waals surface area contributed by atoms with Gasteiger partial charge in [0.05, 0.1) is 17.6 Å². The van der Waals surface area contributed by atoms with E-state index in [1.807, 2.05) is 13.8 Å². The number of alkyl halides is 3. The van der Waals surface area contributed by atoms with Crippen LogP contribution >= 0.6 is 0 Å². The standard InChI is InChI=1S/C17H17F3N6O2/c1-16(2)8-26(15(28)25-16)14-22-7-11(12(21)24-14)13(27)23-10-5-3-4-9(6-10)17(18,19)20/h3-7H,8H2,1-2H3,(H,23,27)(H,25,28)(H2,21,22,24). The van der Waals surface area contributed by atoms with Gasteiger partial charge in [0.25, 0.3) is 5.91 Å². The topological polar surface area (TPSA) is 113 Å². The molecule has 0 unspecified atom stereocenters. The van der Waals surface area contributed by atoms with Gasteiger partial charge in [0.1, 0.15) is 11.4 Å². The lowest BCUT2D eigenvalue weighted by Gasteiger charge is -2.17. The number of benzene rings is 1. The van der Waals surface area contributed by atoms with Gasteiger partial charge in [-0.1, -0.05) is 6.07 Å². The SMILES string of the molecule is CC1(C)CN(c2ncc(C(=O)Nc3cccc(C(F)(F)F)c3)c(N)n2)C(=O)N1. The minimum atomic E-state index is -4.53. The molecule has 148 valence electrons. The molecule has 1 aliphatic rings. The maximum atomic E-state index is 12.8. The number of nitrogens with two attached hydrogens (primary N) is 1. The number of anilines is 3. The molecule has 28 heavy (non-hydrogen) atoms. The maximum Gasteiger partial charge on any atom is 0.416 e. The third kappa shape index (κ3) is 3.97. The Kier molecular flexibility index (Phi) is 4.61. The van der Waals surface area contributed by atoms with Gasteiger partial charge in [-0.15, -0.1) is 0 Å². The number of hydrogen-bond acceptors (Lipinski definition) is 5. The summed E-state index contributed by atoms with van der Waals surface area (Å²) >= 11 is 0. The van der Waals surface area contributed by atoms with Crippen LogP contribution in [-0.2, 0) is 6.18 Å². The van der Waals surface area contributed by atoms with E-state index < -0.39 is 29.2 Å². The maximum absolute atomic E-state index is 12.8. The molecule has 1 saturated heterocycles. The van der Waals surface area contributed by atoms with Gasteiger partial charge >= 0.3 is 12.2 Å². The first-order valence-electron chi connectivity index (χ1n) is 8.17. The number of carbonyl (C=O) groups excluding carboxylic acids is 2. The zero-order chi connectivity index (χ0) is 20.7. The number of rotatable bonds is 3. The van der Waals surface area contributed by atoms with Crippen LogP contribution in [0.3, 0.4) is 0 Å². The molecule has 0 atom stereocenters. The number of nitrogens with one attached hydrogen (secondary N) is 2. The molecule has 2 heterocycles. The van der Waals surface area contributed by atoms with Crippen molar-refractivity contribution >= 4 is 29.4 Å². The Labute approximate surface area is 157 Å². The molecule has 1 aromatic carbocycles. The predicted molar refractivity (Wildman–Crippen MR) is 95.8 cm³/mol. The van der Waals surface area contributed by atoms with Crippen LogP contribution in [-0.4, -0.2) is 34.0 Å². The minimum absolute atomic E-state index is 0.0243. The van der Waals surface area contributed by atoms with E-state index in [-0.39, 0.29) is 23.0 Å². The van der Waals surface area contributed by atoms with Gasteiger partial charge in [-0.3, -0.25) is 9.69 Å². The van der Waals surface area contributed by atoms with E-state index in [1.165, 1.54) is 17.0 Å². The Balaban J connectivity index is 1.79. The van der Waals surface area contributed by atoms with Crippen molar-refractivity contribution in [3.63, 3.8) is 0 Å². The van der Waals surface area contributed by atoms with Crippen molar-refractivity contribution < 1.29 is 22.8 Å². The zero-order valence-electron chi connectivity index (χ0n) is 15.0. The molecular weight excluding hydrogens is 377 g/mol. The van der Waals surface area contributed by atoms with Crippen molar-refractivity contribution in [1.29, 1.82) is 0 Å². The molecule has 4 N–H and O–H groups in total.